The van der Waals surface area contributed by atoms with Crippen LogP contribution in [0.4, 0.5) is 0 Å². The summed E-state index contributed by atoms with van der Waals surface area (Å²) in [5, 5.41) is 10.1. The average molecular weight is 224 g/mol. The van der Waals surface area contributed by atoms with Crippen molar-refractivity contribution in [3.63, 3.8) is 0 Å². The molecular formula is C12H16O2S. The van der Waals surface area contributed by atoms with Crippen molar-refractivity contribution in [1.29, 1.82) is 0 Å². The van der Waals surface area contributed by atoms with Crippen LogP contribution in [0.15, 0.2) is 12.1 Å². The smallest absolute Gasteiger partial charge is 0.164 e. The predicted octanol–water partition coefficient (Wildman–Crippen LogP) is 2.92. The van der Waals surface area contributed by atoms with Crippen molar-refractivity contribution < 1.29 is 9.84 Å². The fourth-order valence-corrected chi connectivity index (χ4v) is 1.69. The lowest BCUT2D eigenvalue weighted by molar-refractivity contribution is 0.329. The number of hydrogen-bond acceptors (Lipinski definition) is 3. The molecule has 0 atom stereocenters. The minimum atomic E-state index is 0.332. The lowest BCUT2D eigenvalue weighted by Gasteiger charge is -2.10. The van der Waals surface area contributed by atoms with Crippen molar-refractivity contribution in [1.82, 2.24) is 0 Å². The predicted molar refractivity (Wildman–Crippen MR) is 65.5 cm³/mol. The third-order valence-corrected chi connectivity index (χ3v) is 2.56. The van der Waals surface area contributed by atoms with Gasteiger partial charge in [0, 0.05) is 6.42 Å². The molecule has 0 amide bonds. The Kier molecular flexibility index (Phi) is 4.09. The van der Waals surface area contributed by atoms with Crippen LogP contribution in [0.3, 0.4) is 0 Å². The van der Waals surface area contributed by atoms with Crippen molar-refractivity contribution in [2.45, 2.75) is 27.2 Å². The first-order valence-corrected chi connectivity index (χ1v) is 5.40. The van der Waals surface area contributed by atoms with Gasteiger partial charge in [-0.05, 0) is 55.7 Å². The summed E-state index contributed by atoms with van der Waals surface area (Å²) >= 11 is 5.09. The molecule has 0 spiro atoms. The van der Waals surface area contributed by atoms with Gasteiger partial charge in [-0.25, -0.2) is 0 Å². The lowest BCUT2D eigenvalue weighted by Crippen LogP contribution is -2.06. The molecule has 0 aliphatic carbocycles. The molecule has 1 aromatic rings. The Morgan fingerprint density at radius 1 is 1.33 bits per heavy atom. The number of phenols is 1. The number of hydrogen-bond donors (Lipinski definition) is 1. The first-order chi connectivity index (χ1) is 7.04. The standard InChI is InChI=1S/C12H16O2S/c1-4-14-12(15)7-10-5-9(3)11(13)6-8(10)2/h5-6,13H,4,7H2,1-3H3. The molecule has 0 fully saturated rings. The summed E-state index contributed by atoms with van der Waals surface area (Å²) in [5.74, 6) is 0.332. The maximum absolute atomic E-state index is 9.50. The zero-order chi connectivity index (χ0) is 11.4. The van der Waals surface area contributed by atoms with Crippen molar-refractivity contribution in [2.75, 3.05) is 6.61 Å². The summed E-state index contributed by atoms with van der Waals surface area (Å²) in [7, 11) is 0. The summed E-state index contributed by atoms with van der Waals surface area (Å²) in [6.07, 6.45) is 0.635. The molecule has 15 heavy (non-hydrogen) atoms. The van der Waals surface area contributed by atoms with Crippen LogP contribution in [-0.2, 0) is 11.2 Å². The molecule has 3 heteroatoms. The Labute approximate surface area is 95.9 Å². The lowest BCUT2D eigenvalue weighted by atomic mass is 10.0. The first-order valence-electron chi connectivity index (χ1n) is 4.99. The van der Waals surface area contributed by atoms with E-state index in [0.29, 0.717) is 23.8 Å². The molecule has 2 nitrogen and oxygen atoms in total. The second kappa shape index (κ2) is 5.12. The summed E-state index contributed by atoms with van der Waals surface area (Å²) < 4.78 is 5.24. The van der Waals surface area contributed by atoms with Crippen LogP contribution in [0, 0.1) is 13.8 Å². The van der Waals surface area contributed by atoms with Crippen molar-refractivity contribution in [3.8, 4) is 5.75 Å². The maximum Gasteiger partial charge on any atom is 0.164 e. The van der Waals surface area contributed by atoms with Crippen LogP contribution in [0.5, 0.6) is 5.75 Å². The zero-order valence-corrected chi connectivity index (χ0v) is 10.1. The van der Waals surface area contributed by atoms with E-state index in [1.165, 1.54) is 0 Å². The van der Waals surface area contributed by atoms with Crippen molar-refractivity contribution >= 4 is 17.3 Å². The van der Waals surface area contributed by atoms with E-state index in [4.69, 9.17) is 17.0 Å². The van der Waals surface area contributed by atoms with Gasteiger partial charge in [0.05, 0.1) is 6.61 Å². The van der Waals surface area contributed by atoms with Crippen molar-refractivity contribution in [2.24, 2.45) is 0 Å². The molecule has 82 valence electrons. The second-order valence-corrected chi connectivity index (χ2v) is 4.00. The van der Waals surface area contributed by atoms with Gasteiger partial charge in [-0.3, -0.25) is 0 Å². The summed E-state index contributed by atoms with van der Waals surface area (Å²) in [6, 6.07) is 3.72. The van der Waals surface area contributed by atoms with E-state index in [-0.39, 0.29) is 0 Å². The third kappa shape index (κ3) is 3.20. The van der Waals surface area contributed by atoms with E-state index in [2.05, 4.69) is 0 Å². The number of rotatable bonds is 3. The normalized spacial score (nSPS) is 10.1. The number of benzene rings is 1. The molecule has 0 aliphatic heterocycles. The SMILES string of the molecule is CCOC(=S)Cc1cc(C)c(O)cc1C. The minimum absolute atomic E-state index is 0.332. The zero-order valence-electron chi connectivity index (χ0n) is 9.33. The fourth-order valence-electron chi connectivity index (χ4n) is 1.42. The van der Waals surface area contributed by atoms with E-state index >= 15 is 0 Å². The maximum atomic E-state index is 9.50. The quantitative estimate of drug-likeness (QED) is 0.800. The molecule has 1 N–H and O–H groups in total. The summed E-state index contributed by atoms with van der Waals surface area (Å²) in [6.45, 7) is 6.36. The number of ether oxygens (including phenoxy) is 1. The monoisotopic (exact) mass is 224 g/mol. The van der Waals surface area contributed by atoms with E-state index in [1.54, 1.807) is 6.07 Å². The number of aromatic hydroxyl groups is 1. The molecular weight excluding hydrogens is 208 g/mol. The number of thiocarbonyl (C=S) groups is 1. The van der Waals surface area contributed by atoms with E-state index in [0.717, 1.165) is 16.7 Å². The van der Waals surface area contributed by atoms with Crippen LogP contribution in [0.25, 0.3) is 0 Å². The van der Waals surface area contributed by atoms with Crippen LogP contribution in [0.1, 0.15) is 23.6 Å². The van der Waals surface area contributed by atoms with Crippen LogP contribution >= 0.6 is 12.2 Å². The van der Waals surface area contributed by atoms with Gasteiger partial charge >= 0.3 is 0 Å². The van der Waals surface area contributed by atoms with Gasteiger partial charge < -0.3 is 9.84 Å². The molecule has 0 heterocycles. The van der Waals surface area contributed by atoms with E-state index in [1.807, 2.05) is 26.8 Å². The molecule has 0 unspecified atom stereocenters. The molecule has 1 aromatic carbocycles. The highest BCUT2D eigenvalue weighted by atomic mass is 32.1. The van der Waals surface area contributed by atoms with Crippen LogP contribution < -0.4 is 0 Å². The highest BCUT2D eigenvalue weighted by Crippen LogP contribution is 2.21. The van der Waals surface area contributed by atoms with Gasteiger partial charge in [0.25, 0.3) is 0 Å². The molecule has 0 aliphatic rings. The molecule has 0 bridgehead atoms. The second-order valence-electron chi connectivity index (χ2n) is 3.55. The molecule has 0 saturated heterocycles. The van der Waals surface area contributed by atoms with Gasteiger partial charge in [-0.15, -0.1) is 0 Å². The summed E-state index contributed by atoms with van der Waals surface area (Å²) in [4.78, 5) is 0. The van der Waals surface area contributed by atoms with Crippen LogP contribution in [0.2, 0.25) is 0 Å². The van der Waals surface area contributed by atoms with Crippen molar-refractivity contribution in [3.05, 3.63) is 28.8 Å². The van der Waals surface area contributed by atoms with E-state index in [9.17, 15) is 5.11 Å². The molecule has 1 rings (SSSR count). The number of aryl methyl sites for hydroxylation is 2. The Bertz CT molecular complexity index is 372. The van der Waals surface area contributed by atoms with Gasteiger partial charge in [0.1, 0.15) is 5.75 Å². The van der Waals surface area contributed by atoms with Gasteiger partial charge in [0.2, 0.25) is 0 Å². The topological polar surface area (TPSA) is 29.5 Å². The van der Waals surface area contributed by atoms with Gasteiger partial charge in [-0.2, -0.15) is 0 Å². The minimum Gasteiger partial charge on any atom is -0.508 e. The first kappa shape index (κ1) is 12.0. The Hall–Kier alpha value is -1.09. The molecule has 0 saturated carbocycles. The van der Waals surface area contributed by atoms with Crippen LogP contribution in [-0.4, -0.2) is 16.8 Å². The Morgan fingerprint density at radius 3 is 2.60 bits per heavy atom. The third-order valence-electron chi connectivity index (χ3n) is 2.29. The van der Waals surface area contributed by atoms with Gasteiger partial charge in [-0.1, -0.05) is 6.07 Å². The number of phenolic OH excluding ortho intramolecular Hbond substituents is 1. The Morgan fingerprint density at radius 2 is 2.00 bits per heavy atom. The fraction of sp³-hybridized carbons (Fsp3) is 0.417. The van der Waals surface area contributed by atoms with E-state index < -0.39 is 0 Å². The Balaban J connectivity index is 2.86. The highest BCUT2D eigenvalue weighted by Gasteiger charge is 2.06. The summed E-state index contributed by atoms with van der Waals surface area (Å²) in [5.41, 5.74) is 3.03. The molecule has 0 radical (unpaired) electrons. The largest absolute Gasteiger partial charge is 0.508 e. The average Bonchev–Trinajstić information content (AvgIpc) is 2.14. The van der Waals surface area contributed by atoms with Gasteiger partial charge in [0.15, 0.2) is 5.05 Å². The highest BCUT2D eigenvalue weighted by molar-refractivity contribution is 7.80. The molecule has 0 aromatic heterocycles.